The van der Waals surface area contributed by atoms with Crippen molar-refractivity contribution in [3.05, 3.63) is 12.2 Å². The van der Waals surface area contributed by atoms with Crippen molar-refractivity contribution in [3.63, 3.8) is 0 Å². The van der Waals surface area contributed by atoms with E-state index in [1.807, 2.05) is 0 Å². The molecule has 0 aromatic carbocycles. The normalized spacial score (nSPS) is 10.1. The molecule has 0 amide bonds. The Labute approximate surface area is 69.5 Å². The van der Waals surface area contributed by atoms with Gasteiger partial charge in [-0.15, -0.1) is 0 Å². The van der Waals surface area contributed by atoms with Crippen molar-refractivity contribution in [1.82, 2.24) is 0 Å². The highest BCUT2D eigenvalue weighted by Gasteiger charge is 1.95. The van der Waals surface area contributed by atoms with Crippen LogP contribution in [-0.2, 0) is 4.79 Å². The topological polar surface area (TPSA) is 17.1 Å². The molecule has 0 radical (unpaired) electrons. The van der Waals surface area contributed by atoms with Gasteiger partial charge in [0.2, 0.25) is 0 Å². The summed E-state index contributed by atoms with van der Waals surface area (Å²) in [7, 11) is 0. The molecule has 0 saturated carbocycles. The number of allylic oxidation sites excluding steroid dienone is 1. The quantitative estimate of drug-likeness (QED) is 0.326. The predicted molar refractivity (Wildman–Crippen MR) is 48.5 cm³/mol. The highest BCUT2D eigenvalue weighted by molar-refractivity contribution is 5.71. The molecule has 0 heterocycles. The maximum absolute atomic E-state index is 10.1. The van der Waals surface area contributed by atoms with Gasteiger partial charge in [-0.3, -0.25) is 4.79 Å². The number of hydrogen-bond acceptors (Lipinski definition) is 1. The van der Waals surface area contributed by atoms with E-state index >= 15 is 0 Å². The minimum atomic E-state index is 0.730. The minimum absolute atomic E-state index is 0.730. The number of rotatable bonds is 6. The number of unbranched alkanes of at least 4 members (excludes halogenated alkanes) is 1. The summed E-state index contributed by atoms with van der Waals surface area (Å²) in [5.41, 5.74) is 0.730. The van der Waals surface area contributed by atoms with Crippen LogP contribution in [0.25, 0.3) is 0 Å². The Balaban J connectivity index is 3.14. The molecular weight excluding hydrogens is 136 g/mol. The van der Waals surface area contributed by atoms with Crippen molar-refractivity contribution in [1.29, 1.82) is 0 Å². The van der Waals surface area contributed by atoms with Crippen LogP contribution in [0.1, 0.15) is 39.5 Å². The Morgan fingerprint density at radius 1 is 1.45 bits per heavy atom. The van der Waals surface area contributed by atoms with Crippen LogP contribution in [0, 0.1) is 5.92 Å². The SMILES string of the molecule is C=C(C=O)CCCCC(C)C. The second kappa shape index (κ2) is 6.14. The van der Waals surface area contributed by atoms with Gasteiger partial charge in [-0.1, -0.05) is 33.3 Å². The van der Waals surface area contributed by atoms with Crippen molar-refractivity contribution >= 4 is 6.29 Å². The van der Waals surface area contributed by atoms with E-state index in [0.29, 0.717) is 0 Å². The van der Waals surface area contributed by atoms with Gasteiger partial charge in [0, 0.05) is 0 Å². The molecule has 0 rings (SSSR count). The van der Waals surface area contributed by atoms with Crippen LogP contribution in [0.5, 0.6) is 0 Å². The molecule has 0 aromatic rings. The number of hydrogen-bond donors (Lipinski definition) is 0. The van der Waals surface area contributed by atoms with Crippen molar-refractivity contribution in [2.24, 2.45) is 5.92 Å². The largest absolute Gasteiger partial charge is 0.298 e. The molecule has 0 spiro atoms. The average Bonchev–Trinajstić information content (AvgIpc) is 1.97. The van der Waals surface area contributed by atoms with Gasteiger partial charge in [0.1, 0.15) is 6.29 Å². The monoisotopic (exact) mass is 154 g/mol. The zero-order chi connectivity index (χ0) is 8.69. The lowest BCUT2D eigenvalue weighted by atomic mass is 10.0. The molecule has 0 bridgehead atoms. The van der Waals surface area contributed by atoms with E-state index in [-0.39, 0.29) is 0 Å². The number of carbonyl (C=O) groups is 1. The number of carbonyl (C=O) groups excluding carboxylic acids is 1. The standard InChI is InChI=1S/C10H18O/c1-9(2)6-4-5-7-10(3)8-11/h8-9H,3-7H2,1-2H3. The Morgan fingerprint density at radius 3 is 2.55 bits per heavy atom. The molecule has 1 heteroatoms. The van der Waals surface area contributed by atoms with Gasteiger partial charge in [0.15, 0.2) is 0 Å². The zero-order valence-electron chi connectivity index (χ0n) is 7.60. The molecule has 11 heavy (non-hydrogen) atoms. The average molecular weight is 154 g/mol. The molecule has 0 aliphatic carbocycles. The van der Waals surface area contributed by atoms with Gasteiger partial charge in [-0.2, -0.15) is 0 Å². The van der Waals surface area contributed by atoms with E-state index in [9.17, 15) is 4.79 Å². The van der Waals surface area contributed by atoms with E-state index in [4.69, 9.17) is 0 Å². The molecule has 0 aromatic heterocycles. The molecular formula is C10H18O. The highest BCUT2D eigenvalue weighted by Crippen LogP contribution is 2.10. The smallest absolute Gasteiger partial charge is 0.145 e. The zero-order valence-corrected chi connectivity index (χ0v) is 7.60. The van der Waals surface area contributed by atoms with Gasteiger partial charge in [0.25, 0.3) is 0 Å². The van der Waals surface area contributed by atoms with E-state index in [0.717, 1.165) is 30.6 Å². The maximum atomic E-state index is 10.1. The van der Waals surface area contributed by atoms with Crippen molar-refractivity contribution < 1.29 is 4.79 Å². The molecule has 0 atom stereocenters. The van der Waals surface area contributed by atoms with E-state index in [1.54, 1.807) is 0 Å². The third-order valence-corrected chi connectivity index (χ3v) is 1.70. The van der Waals surface area contributed by atoms with Gasteiger partial charge < -0.3 is 0 Å². The summed E-state index contributed by atoms with van der Waals surface area (Å²) in [6.45, 7) is 8.06. The predicted octanol–water partition coefficient (Wildman–Crippen LogP) is 2.96. The summed E-state index contributed by atoms with van der Waals surface area (Å²) in [6.07, 6.45) is 5.30. The number of aldehydes is 1. The lowest BCUT2D eigenvalue weighted by Gasteiger charge is -2.02. The summed E-state index contributed by atoms with van der Waals surface area (Å²) in [5, 5.41) is 0. The molecule has 0 N–H and O–H groups in total. The first-order valence-electron chi connectivity index (χ1n) is 4.29. The first kappa shape index (κ1) is 10.4. The van der Waals surface area contributed by atoms with Crippen molar-refractivity contribution in [2.45, 2.75) is 39.5 Å². The molecule has 0 aliphatic rings. The first-order valence-corrected chi connectivity index (χ1v) is 4.29. The summed E-state index contributed by atoms with van der Waals surface area (Å²) in [4.78, 5) is 10.1. The van der Waals surface area contributed by atoms with Crippen molar-refractivity contribution in [2.75, 3.05) is 0 Å². The Kier molecular flexibility index (Phi) is 5.81. The van der Waals surface area contributed by atoms with Crippen LogP contribution in [0.15, 0.2) is 12.2 Å². The van der Waals surface area contributed by atoms with Gasteiger partial charge in [-0.05, 0) is 24.3 Å². The Hall–Kier alpha value is -0.590. The van der Waals surface area contributed by atoms with Gasteiger partial charge in [-0.25, -0.2) is 0 Å². The van der Waals surface area contributed by atoms with E-state index in [1.165, 1.54) is 12.8 Å². The van der Waals surface area contributed by atoms with E-state index in [2.05, 4.69) is 20.4 Å². The van der Waals surface area contributed by atoms with Gasteiger partial charge in [0.05, 0.1) is 0 Å². The van der Waals surface area contributed by atoms with Gasteiger partial charge >= 0.3 is 0 Å². The fourth-order valence-corrected chi connectivity index (χ4v) is 0.964. The molecule has 0 aliphatic heterocycles. The second-order valence-corrected chi connectivity index (χ2v) is 3.42. The Bertz CT molecular complexity index is 125. The van der Waals surface area contributed by atoms with Crippen molar-refractivity contribution in [3.8, 4) is 0 Å². The lowest BCUT2D eigenvalue weighted by molar-refractivity contribution is -0.105. The molecule has 0 saturated heterocycles. The molecule has 1 nitrogen and oxygen atoms in total. The van der Waals surface area contributed by atoms with Crippen LogP contribution in [0.3, 0.4) is 0 Å². The third-order valence-electron chi connectivity index (χ3n) is 1.70. The molecule has 64 valence electrons. The highest BCUT2D eigenvalue weighted by atomic mass is 16.1. The Morgan fingerprint density at radius 2 is 2.09 bits per heavy atom. The van der Waals surface area contributed by atoms with E-state index < -0.39 is 0 Å². The molecule has 0 fully saturated rings. The second-order valence-electron chi connectivity index (χ2n) is 3.42. The van der Waals surface area contributed by atoms with Crippen LogP contribution in [0.4, 0.5) is 0 Å². The minimum Gasteiger partial charge on any atom is -0.298 e. The third kappa shape index (κ3) is 7.31. The maximum Gasteiger partial charge on any atom is 0.145 e. The summed E-state index contributed by atoms with van der Waals surface area (Å²) < 4.78 is 0. The summed E-state index contributed by atoms with van der Waals surface area (Å²) in [6, 6.07) is 0. The van der Waals surface area contributed by atoms with Crippen LogP contribution >= 0.6 is 0 Å². The summed E-state index contributed by atoms with van der Waals surface area (Å²) >= 11 is 0. The first-order chi connectivity index (χ1) is 5.16. The summed E-state index contributed by atoms with van der Waals surface area (Å²) in [5.74, 6) is 0.777. The van der Waals surface area contributed by atoms with Crippen LogP contribution < -0.4 is 0 Å². The lowest BCUT2D eigenvalue weighted by Crippen LogP contribution is -1.88. The fourth-order valence-electron chi connectivity index (χ4n) is 0.964. The molecule has 0 unspecified atom stereocenters. The van der Waals surface area contributed by atoms with Crippen LogP contribution in [-0.4, -0.2) is 6.29 Å². The van der Waals surface area contributed by atoms with Crippen LogP contribution in [0.2, 0.25) is 0 Å². The fraction of sp³-hybridized carbons (Fsp3) is 0.700.